The number of hydrogen-bond donors (Lipinski definition) is 1. The van der Waals surface area contributed by atoms with E-state index in [1.165, 1.54) is 11.1 Å². The number of hydrogen-bond acceptors (Lipinski definition) is 5. The number of fused-ring (bicyclic) bond motifs is 3. The fourth-order valence-electron chi connectivity index (χ4n) is 4.87. The molecule has 2 aliphatic heterocycles. The zero-order chi connectivity index (χ0) is 21.5. The van der Waals surface area contributed by atoms with E-state index in [0.717, 1.165) is 31.2 Å². The number of allylic oxidation sites excluding steroid dienone is 3. The van der Waals surface area contributed by atoms with Crippen molar-refractivity contribution in [3.63, 3.8) is 0 Å². The smallest absolute Gasteiger partial charge is 0.264 e. The van der Waals surface area contributed by atoms with E-state index in [1.807, 2.05) is 0 Å². The Kier molecular flexibility index (Phi) is 5.86. The monoisotopic (exact) mass is 431 g/mol. The minimum absolute atomic E-state index is 0.0474. The first kappa shape index (κ1) is 21.6. The van der Waals surface area contributed by atoms with Crippen molar-refractivity contribution in [3.8, 4) is 0 Å². The van der Waals surface area contributed by atoms with Crippen LogP contribution in [0.15, 0.2) is 42.5 Å². The highest BCUT2D eigenvalue weighted by molar-refractivity contribution is 7.85. The van der Waals surface area contributed by atoms with Crippen LogP contribution in [0.2, 0.25) is 0 Å². The molecule has 1 fully saturated rings. The molecule has 30 heavy (non-hydrogen) atoms. The summed E-state index contributed by atoms with van der Waals surface area (Å²) in [5, 5.41) is 3.82. The van der Waals surface area contributed by atoms with Crippen molar-refractivity contribution in [2.24, 2.45) is 11.8 Å². The highest BCUT2D eigenvalue weighted by atomic mass is 32.2. The lowest BCUT2D eigenvalue weighted by molar-refractivity contribution is -0.108. The van der Waals surface area contributed by atoms with E-state index < -0.39 is 10.1 Å². The van der Waals surface area contributed by atoms with E-state index in [9.17, 15) is 8.42 Å². The molecule has 5 nitrogen and oxygen atoms in total. The summed E-state index contributed by atoms with van der Waals surface area (Å²) in [7, 11) is -3.48. The predicted molar refractivity (Wildman–Crippen MR) is 120 cm³/mol. The quantitative estimate of drug-likeness (QED) is 0.699. The lowest BCUT2D eigenvalue weighted by atomic mass is 9.72. The SMILES string of the molecule is CC(C)(C)c1ccc2c(c1)[C@H]1O[C@@H](COS(C)(=O)=O)CC[C@H]1[C@H](C1C=CC=CC1)N2. The maximum absolute atomic E-state index is 11.5. The third-order valence-electron chi connectivity index (χ3n) is 6.50. The van der Waals surface area contributed by atoms with Crippen molar-refractivity contribution < 1.29 is 17.3 Å². The average Bonchev–Trinajstić information content (AvgIpc) is 2.70. The van der Waals surface area contributed by atoms with Gasteiger partial charge in [0, 0.05) is 29.1 Å². The Labute approximate surface area is 180 Å². The Morgan fingerprint density at radius 3 is 2.67 bits per heavy atom. The predicted octanol–water partition coefficient (Wildman–Crippen LogP) is 4.72. The van der Waals surface area contributed by atoms with Crippen molar-refractivity contribution in [1.29, 1.82) is 0 Å². The second-order valence-corrected chi connectivity index (χ2v) is 11.5. The molecule has 1 N–H and O–H groups in total. The summed E-state index contributed by atoms with van der Waals surface area (Å²) in [5.41, 5.74) is 3.63. The van der Waals surface area contributed by atoms with Crippen LogP contribution >= 0.6 is 0 Å². The molecule has 0 aromatic heterocycles. The Balaban J connectivity index is 1.65. The van der Waals surface area contributed by atoms with Gasteiger partial charge < -0.3 is 10.1 Å². The molecule has 6 heteroatoms. The number of benzene rings is 1. The van der Waals surface area contributed by atoms with Gasteiger partial charge in [0.1, 0.15) is 0 Å². The van der Waals surface area contributed by atoms with Gasteiger partial charge in [0.2, 0.25) is 0 Å². The van der Waals surface area contributed by atoms with Crippen LogP contribution < -0.4 is 5.32 Å². The normalized spacial score (nSPS) is 31.0. The van der Waals surface area contributed by atoms with Gasteiger partial charge in [-0.25, -0.2) is 0 Å². The zero-order valence-electron chi connectivity index (χ0n) is 18.3. The van der Waals surface area contributed by atoms with E-state index >= 15 is 0 Å². The number of ether oxygens (including phenoxy) is 1. The number of nitrogens with one attached hydrogen (secondary N) is 1. The van der Waals surface area contributed by atoms with Gasteiger partial charge in [0.15, 0.2) is 0 Å². The summed E-state index contributed by atoms with van der Waals surface area (Å²) in [5.74, 6) is 0.758. The molecule has 0 spiro atoms. The average molecular weight is 432 g/mol. The lowest BCUT2D eigenvalue weighted by Crippen LogP contribution is -2.47. The van der Waals surface area contributed by atoms with Crippen LogP contribution in [0.5, 0.6) is 0 Å². The van der Waals surface area contributed by atoms with Crippen LogP contribution in [-0.4, -0.2) is 33.4 Å². The van der Waals surface area contributed by atoms with Gasteiger partial charge in [-0.1, -0.05) is 57.2 Å². The van der Waals surface area contributed by atoms with E-state index in [1.54, 1.807) is 0 Å². The van der Waals surface area contributed by atoms with E-state index in [2.05, 4.69) is 68.6 Å². The molecule has 3 aliphatic rings. The van der Waals surface area contributed by atoms with Crippen molar-refractivity contribution in [3.05, 3.63) is 53.6 Å². The first-order valence-electron chi connectivity index (χ1n) is 10.9. The molecule has 1 aromatic carbocycles. The van der Waals surface area contributed by atoms with Crippen molar-refractivity contribution >= 4 is 15.8 Å². The summed E-state index contributed by atoms with van der Waals surface area (Å²) in [6.45, 7) is 6.74. The topological polar surface area (TPSA) is 64.6 Å². The molecule has 1 saturated heterocycles. The summed E-state index contributed by atoms with van der Waals surface area (Å²) >= 11 is 0. The fraction of sp³-hybridized carbons (Fsp3) is 0.583. The van der Waals surface area contributed by atoms with Crippen LogP contribution in [0.3, 0.4) is 0 Å². The summed E-state index contributed by atoms with van der Waals surface area (Å²) in [6, 6.07) is 6.95. The molecule has 164 valence electrons. The highest BCUT2D eigenvalue weighted by Gasteiger charge is 2.44. The molecular formula is C24H33NO4S. The maximum Gasteiger partial charge on any atom is 0.264 e. The van der Waals surface area contributed by atoms with Gasteiger partial charge in [-0.3, -0.25) is 4.18 Å². The fourth-order valence-corrected chi connectivity index (χ4v) is 5.27. The van der Waals surface area contributed by atoms with E-state index in [0.29, 0.717) is 17.9 Å². The standard InChI is InChI=1S/C24H33NO4S/c1-24(2,3)17-10-13-21-20(14-17)23-19(22(25-21)16-8-6-5-7-9-16)12-11-18(29-23)15-28-30(4,26)27/h5-8,10,13-14,16,18-19,22-23,25H,9,11-12,15H2,1-4H3/t16?,18-,19+,22+,23+/m1/s1. The third kappa shape index (κ3) is 4.66. The van der Waals surface area contributed by atoms with Crippen molar-refractivity contribution in [2.45, 2.75) is 63.7 Å². The van der Waals surface area contributed by atoms with Crippen LogP contribution in [0.1, 0.15) is 57.3 Å². The number of anilines is 1. The first-order valence-corrected chi connectivity index (χ1v) is 12.7. The molecule has 1 aliphatic carbocycles. The molecule has 5 atom stereocenters. The molecule has 0 saturated carbocycles. The van der Waals surface area contributed by atoms with Crippen molar-refractivity contribution in [2.75, 3.05) is 18.2 Å². The van der Waals surface area contributed by atoms with Crippen molar-refractivity contribution in [1.82, 2.24) is 0 Å². The second-order valence-electron chi connectivity index (χ2n) is 9.84. The summed E-state index contributed by atoms with van der Waals surface area (Å²) in [4.78, 5) is 0. The largest absolute Gasteiger partial charge is 0.381 e. The van der Waals surface area contributed by atoms with Crippen LogP contribution in [0, 0.1) is 11.8 Å². The van der Waals surface area contributed by atoms with Gasteiger partial charge in [0.25, 0.3) is 10.1 Å². The first-order chi connectivity index (χ1) is 14.1. The van der Waals surface area contributed by atoms with Gasteiger partial charge in [0.05, 0.1) is 25.1 Å². The molecule has 1 aromatic rings. The summed E-state index contributed by atoms with van der Waals surface area (Å²) in [6.07, 6.45) is 12.4. The second kappa shape index (κ2) is 8.13. The van der Waals surface area contributed by atoms with E-state index in [4.69, 9.17) is 8.92 Å². The maximum atomic E-state index is 11.5. The lowest BCUT2D eigenvalue weighted by Gasteiger charge is -2.47. The van der Waals surface area contributed by atoms with Gasteiger partial charge in [-0.15, -0.1) is 0 Å². The highest BCUT2D eigenvalue weighted by Crippen LogP contribution is 2.48. The van der Waals surface area contributed by atoms with Crippen LogP contribution in [0.4, 0.5) is 5.69 Å². The molecule has 4 rings (SSSR count). The van der Waals surface area contributed by atoms with E-state index in [-0.39, 0.29) is 24.2 Å². The third-order valence-corrected chi connectivity index (χ3v) is 7.06. The molecule has 1 unspecified atom stereocenters. The molecular weight excluding hydrogens is 398 g/mol. The molecule has 2 heterocycles. The van der Waals surface area contributed by atoms with Crippen LogP contribution in [-0.2, 0) is 24.5 Å². The molecule has 0 radical (unpaired) electrons. The Morgan fingerprint density at radius 2 is 2.00 bits per heavy atom. The minimum Gasteiger partial charge on any atom is -0.381 e. The molecule has 0 amide bonds. The minimum atomic E-state index is -3.48. The molecule has 0 bridgehead atoms. The Bertz CT molecular complexity index is 944. The van der Waals surface area contributed by atoms with Gasteiger partial charge in [-0.2, -0.15) is 8.42 Å². The van der Waals surface area contributed by atoms with Gasteiger partial charge in [-0.05, 0) is 36.3 Å². The Hall–Kier alpha value is -1.63. The summed E-state index contributed by atoms with van der Waals surface area (Å²) < 4.78 is 34.5. The van der Waals surface area contributed by atoms with Crippen LogP contribution in [0.25, 0.3) is 0 Å². The number of rotatable bonds is 4. The zero-order valence-corrected chi connectivity index (χ0v) is 19.1. The van der Waals surface area contributed by atoms with Gasteiger partial charge >= 0.3 is 0 Å². The Morgan fingerprint density at radius 1 is 1.20 bits per heavy atom.